The van der Waals surface area contributed by atoms with Crippen molar-refractivity contribution in [1.29, 1.82) is 0 Å². The predicted octanol–water partition coefficient (Wildman–Crippen LogP) is 5.65. The van der Waals surface area contributed by atoms with Crippen LogP contribution in [0.3, 0.4) is 0 Å². The Labute approximate surface area is 170 Å². The number of nitrogens with one attached hydrogen (secondary N) is 1. The summed E-state index contributed by atoms with van der Waals surface area (Å²) in [5.74, 6) is -0.782. The lowest BCUT2D eigenvalue weighted by molar-refractivity contribution is 0.0977. The number of aromatic hydroxyl groups is 1. The van der Waals surface area contributed by atoms with E-state index in [2.05, 4.69) is 22.8 Å². The highest BCUT2D eigenvalue weighted by molar-refractivity contribution is 7.41. The van der Waals surface area contributed by atoms with Gasteiger partial charge in [-0.1, -0.05) is 42.5 Å². The molecule has 5 heteroatoms. The van der Waals surface area contributed by atoms with Crippen LogP contribution >= 0.6 is 10.5 Å². The first-order valence-corrected chi connectivity index (χ1v) is 10.4. The van der Waals surface area contributed by atoms with E-state index in [1.165, 1.54) is 6.07 Å². The predicted molar refractivity (Wildman–Crippen MR) is 115 cm³/mol. The lowest BCUT2D eigenvalue weighted by Crippen LogP contribution is -2.22. The Kier molecular flexibility index (Phi) is 4.03. The average Bonchev–Trinajstić information content (AvgIpc) is 3.22. The molecule has 2 N–H and O–H groups in total. The number of carbonyl (C=O) groups is 2. The van der Waals surface area contributed by atoms with Crippen LogP contribution in [0.4, 0.5) is 10.7 Å². The van der Waals surface area contributed by atoms with E-state index < -0.39 is 0 Å². The Hall–Kier alpha value is -3.70. The number of ketones is 2. The van der Waals surface area contributed by atoms with Gasteiger partial charge in [0.1, 0.15) is 11.1 Å². The van der Waals surface area contributed by atoms with Gasteiger partial charge in [-0.05, 0) is 30.3 Å². The number of thiophene rings is 1. The second-order valence-electron chi connectivity index (χ2n) is 6.72. The summed E-state index contributed by atoms with van der Waals surface area (Å²) in [6.07, 6.45) is 0. The summed E-state index contributed by atoms with van der Waals surface area (Å²) in [5, 5.41) is 16.8. The van der Waals surface area contributed by atoms with Gasteiger partial charge < -0.3 is 10.4 Å². The van der Waals surface area contributed by atoms with Gasteiger partial charge in [0.2, 0.25) is 0 Å². The number of fused-ring (bicyclic) bond motifs is 2. The molecule has 140 valence electrons. The van der Waals surface area contributed by atoms with Gasteiger partial charge >= 0.3 is 0 Å². The molecule has 0 amide bonds. The number of hydrogen-bond acceptors (Lipinski definition) is 4. The molecule has 1 heterocycles. The molecule has 1 aliphatic rings. The van der Waals surface area contributed by atoms with Crippen molar-refractivity contribution in [2.24, 2.45) is 0 Å². The zero-order valence-corrected chi connectivity index (χ0v) is 16.1. The van der Waals surface area contributed by atoms with Crippen LogP contribution < -0.4 is 5.32 Å². The third kappa shape index (κ3) is 2.75. The lowest BCUT2D eigenvalue weighted by atomic mass is 9.82. The van der Waals surface area contributed by atoms with E-state index in [9.17, 15) is 14.7 Å². The maximum Gasteiger partial charge on any atom is 0.250 e. The molecule has 5 rings (SSSR count). The first kappa shape index (κ1) is 17.4. The second kappa shape index (κ2) is 6.72. The molecule has 0 radical (unpaired) electrons. The maximum absolute atomic E-state index is 13.2. The maximum atomic E-state index is 13.2. The van der Waals surface area contributed by atoms with Crippen LogP contribution in [-0.4, -0.2) is 16.7 Å². The zero-order valence-electron chi connectivity index (χ0n) is 15.3. The summed E-state index contributed by atoms with van der Waals surface area (Å²) in [6, 6.07) is 23.9. The van der Waals surface area contributed by atoms with Gasteiger partial charge in [0.05, 0.1) is 16.8 Å². The van der Waals surface area contributed by atoms with Crippen molar-refractivity contribution in [3.8, 4) is 10.6 Å². The molecule has 1 atom stereocenters. The van der Waals surface area contributed by atoms with E-state index in [1.54, 1.807) is 30.3 Å². The van der Waals surface area contributed by atoms with Crippen LogP contribution in [0.2, 0.25) is 0 Å². The van der Waals surface area contributed by atoms with Crippen LogP contribution in [0.15, 0.2) is 84.2 Å². The molecule has 0 aliphatic heterocycles. The summed E-state index contributed by atoms with van der Waals surface area (Å²) in [7, 11) is -0.290. The van der Waals surface area contributed by atoms with Gasteiger partial charge in [-0.3, -0.25) is 9.59 Å². The van der Waals surface area contributed by atoms with Crippen LogP contribution in [0.25, 0.3) is 4.90 Å². The van der Waals surface area contributed by atoms with Gasteiger partial charge in [-0.15, -0.1) is 0 Å². The van der Waals surface area contributed by atoms with E-state index in [0.29, 0.717) is 16.8 Å². The summed E-state index contributed by atoms with van der Waals surface area (Å²) in [4.78, 5) is 27.4. The number of carbonyl (C=O) groups excluding carboxylic acids is 2. The fourth-order valence-electron chi connectivity index (χ4n) is 3.66. The summed E-state index contributed by atoms with van der Waals surface area (Å²) < 4.78 is 0. The van der Waals surface area contributed by atoms with Crippen molar-refractivity contribution in [2.75, 3.05) is 5.32 Å². The minimum absolute atomic E-state index is 0.0600. The SMILES string of the molecule is O=C1c2ccccc2C(=O)c2c(Nc3ccc[s+]3-c3ccccc3)ccc(O)c21. The summed E-state index contributed by atoms with van der Waals surface area (Å²) >= 11 is 0. The Morgan fingerprint density at radius 3 is 2.07 bits per heavy atom. The minimum atomic E-state index is -0.336. The van der Waals surface area contributed by atoms with Crippen LogP contribution in [-0.2, 0) is 0 Å². The van der Waals surface area contributed by atoms with Gasteiger partial charge in [-0.25, -0.2) is 0 Å². The van der Waals surface area contributed by atoms with Gasteiger partial charge in [0.15, 0.2) is 16.5 Å². The molecule has 0 fully saturated rings. The molecule has 1 unspecified atom stereocenters. The third-order valence-corrected chi connectivity index (χ3v) is 6.93. The third-order valence-electron chi connectivity index (χ3n) is 5.01. The van der Waals surface area contributed by atoms with E-state index in [-0.39, 0.29) is 38.9 Å². The molecule has 4 aromatic rings. The van der Waals surface area contributed by atoms with Gasteiger partial charge in [0.25, 0.3) is 5.00 Å². The van der Waals surface area contributed by atoms with Gasteiger partial charge in [0, 0.05) is 27.7 Å². The van der Waals surface area contributed by atoms with Crippen molar-refractivity contribution in [1.82, 2.24) is 0 Å². The van der Waals surface area contributed by atoms with E-state index >= 15 is 0 Å². The van der Waals surface area contributed by atoms with Crippen LogP contribution in [0, 0.1) is 0 Å². The molecule has 0 spiro atoms. The van der Waals surface area contributed by atoms with Crippen molar-refractivity contribution in [2.45, 2.75) is 0 Å². The van der Waals surface area contributed by atoms with Crippen molar-refractivity contribution < 1.29 is 14.7 Å². The van der Waals surface area contributed by atoms with Crippen LogP contribution in [0.5, 0.6) is 5.75 Å². The Morgan fingerprint density at radius 1 is 0.690 bits per heavy atom. The topological polar surface area (TPSA) is 66.4 Å². The van der Waals surface area contributed by atoms with Crippen molar-refractivity contribution in [3.05, 3.63) is 106 Å². The number of benzene rings is 3. The largest absolute Gasteiger partial charge is 0.507 e. The molecule has 29 heavy (non-hydrogen) atoms. The molecular formula is C24H16NO3S+. The first-order chi connectivity index (χ1) is 14.1. The number of phenols is 1. The minimum Gasteiger partial charge on any atom is -0.507 e. The first-order valence-electron chi connectivity index (χ1n) is 9.13. The molecular weight excluding hydrogens is 382 g/mol. The highest BCUT2D eigenvalue weighted by Crippen LogP contribution is 2.43. The molecule has 1 aromatic heterocycles. The Morgan fingerprint density at radius 2 is 1.34 bits per heavy atom. The monoisotopic (exact) mass is 398 g/mol. The van der Waals surface area contributed by atoms with Crippen molar-refractivity contribution in [3.63, 3.8) is 0 Å². The van der Waals surface area contributed by atoms with E-state index in [1.807, 2.05) is 30.3 Å². The average molecular weight is 398 g/mol. The normalized spacial score (nSPS) is 13.0. The Balaban J connectivity index is 1.64. The fourth-order valence-corrected chi connectivity index (χ4v) is 5.35. The van der Waals surface area contributed by atoms with E-state index in [4.69, 9.17) is 0 Å². The van der Waals surface area contributed by atoms with Crippen molar-refractivity contribution >= 4 is 32.7 Å². The number of rotatable bonds is 3. The standard InChI is InChI=1S/C24H15NO3S/c26-19-13-12-18(25-20-11-6-14-29(20)15-7-2-1-3-8-15)21-22(19)24(28)17-10-5-4-9-16(17)23(21)27/h1-14H,(H-,25,26,27,28)/p+1. The molecule has 4 nitrogen and oxygen atoms in total. The summed E-state index contributed by atoms with van der Waals surface area (Å²) in [6.45, 7) is 0. The highest BCUT2D eigenvalue weighted by atomic mass is 32.2. The lowest BCUT2D eigenvalue weighted by Gasteiger charge is -2.21. The molecule has 0 saturated heterocycles. The Bertz CT molecular complexity index is 1270. The highest BCUT2D eigenvalue weighted by Gasteiger charge is 2.34. The molecule has 0 saturated carbocycles. The smallest absolute Gasteiger partial charge is 0.250 e. The number of hydrogen-bond donors (Lipinski definition) is 2. The quantitative estimate of drug-likeness (QED) is 0.304. The summed E-state index contributed by atoms with van der Waals surface area (Å²) in [5.41, 5.74) is 1.49. The molecule has 3 aromatic carbocycles. The van der Waals surface area contributed by atoms with Crippen LogP contribution in [0.1, 0.15) is 31.8 Å². The zero-order chi connectivity index (χ0) is 20.0. The molecule has 1 aliphatic carbocycles. The number of anilines is 2. The second-order valence-corrected chi connectivity index (χ2v) is 8.58. The van der Waals surface area contributed by atoms with Gasteiger partial charge in [-0.2, -0.15) is 0 Å². The molecule has 0 bridgehead atoms. The van der Waals surface area contributed by atoms with E-state index in [0.717, 1.165) is 9.90 Å². The number of phenolic OH excluding ortho intramolecular Hbond substituents is 1. The fraction of sp³-hybridized carbons (Fsp3) is 0.